The highest BCUT2D eigenvalue weighted by molar-refractivity contribution is 6.35. The van der Waals surface area contributed by atoms with Crippen molar-refractivity contribution in [2.45, 2.75) is 0 Å². The van der Waals surface area contributed by atoms with Crippen LogP contribution in [0.2, 0.25) is 10.0 Å². The van der Waals surface area contributed by atoms with Crippen molar-refractivity contribution in [3.63, 3.8) is 0 Å². The molecule has 0 unspecified atom stereocenters. The van der Waals surface area contributed by atoms with Gasteiger partial charge in [-0.15, -0.1) is 0 Å². The van der Waals surface area contributed by atoms with E-state index < -0.39 is 5.97 Å². The van der Waals surface area contributed by atoms with E-state index in [9.17, 15) is 4.79 Å². The molecule has 0 N–H and O–H groups in total. The highest BCUT2D eigenvalue weighted by atomic mass is 35.5. The molecule has 0 aliphatic carbocycles. The van der Waals surface area contributed by atoms with Gasteiger partial charge in [-0.1, -0.05) is 71.7 Å². The maximum Gasteiger partial charge on any atom is 0.363 e. The first kappa shape index (κ1) is 17.5. The second-order valence-corrected chi connectivity index (χ2v) is 6.79. The summed E-state index contributed by atoms with van der Waals surface area (Å²) in [6, 6.07) is 22.8. The zero-order valence-electron chi connectivity index (χ0n) is 14.0. The van der Waals surface area contributed by atoms with Crippen molar-refractivity contribution < 1.29 is 9.53 Å². The zero-order valence-corrected chi connectivity index (χ0v) is 15.5. The molecule has 0 atom stereocenters. The topological polar surface area (TPSA) is 38.7 Å². The highest BCUT2D eigenvalue weighted by Crippen LogP contribution is 2.26. The fourth-order valence-corrected chi connectivity index (χ4v) is 3.20. The van der Waals surface area contributed by atoms with Crippen LogP contribution in [0.3, 0.4) is 0 Å². The molecule has 3 aromatic carbocycles. The average Bonchev–Trinajstić information content (AvgIpc) is 3.05. The molecule has 0 radical (unpaired) electrons. The van der Waals surface area contributed by atoms with Gasteiger partial charge in [0.05, 0.1) is 0 Å². The normalized spacial score (nSPS) is 15.0. The van der Waals surface area contributed by atoms with Gasteiger partial charge >= 0.3 is 5.97 Å². The summed E-state index contributed by atoms with van der Waals surface area (Å²) in [6.07, 6.45) is 1.59. The number of hydrogen-bond donors (Lipinski definition) is 0. The first-order chi connectivity index (χ1) is 13.1. The number of carbonyl (C=O) groups excluding carboxylic acids is 1. The predicted octanol–water partition coefficient (Wildman–Crippen LogP) is 6.00. The Morgan fingerprint density at radius 2 is 1.48 bits per heavy atom. The maximum atomic E-state index is 12.2. The second kappa shape index (κ2) is 7.39. The van der Waals surface area contributed by atoms with Crippen molar-refractivity contribution in [1.82, 2.24) is 0 Å². The van der Waals surface area contributed by atoms with Gasteiger partial charge in [0.1, 0.15) is 0 Å². The lowest BCUT2D eigenvalue weighted by molar-refractivity contribution is -0.129. The van der Waals surface area contributed by atoms with E-state index in [0.29, 0.717) is 15.6 Å². The van der Waals surface area contributed by atoms with Crippen molar-refractivity contribution in [1.29, 1.82) is 0 Å². The average molecular weight is 394 g/mol. The summed E-state index contributed by atoms with van der Waals surface area (Å²) < 4.78 is 5.32. The molecule has 1 aliphatic heterocycles. The van der Waals surface area contributed by atoms with Crippen molar-refractivity contribution in [3.8, 4) is 11.1 Å². The fourth-order valence-electron chi connectivity index (χ4n) is 2.73. The summed E-state index contributed by atoms with van der Waals surface area (Å²) in [7, 11) is 0. The van der Waals surface area contributed by atoms with Crippen LogP contribution in [-0.2, 0) is 9.53 Å². The first-order valence-corrected chi connectivity index (χ1v) is 8.99. The Hall–Kier alpha value is -2.88. The van der Waals surface area contributed by atoms with Crippen LogP contribution in [0.15, 0.2) is 83.5 Å². The Bertz CT molecular complexity index is 1070. The molecule has 3 aromatic rings. The largest absolute Gasteiger partial charge is 0.402 e. The van der Waals surface area contributed by atoms with Crippen LogP contribution in [0, 0.1) is 0 Å². The Morgan fingerprint density at radius 3 is 2.19 bits per heavy atom. The van der Waals surface area contributed by atoms with E-state index in [-0.39, 0.29) is 11.6 Å². The minimum absolute atomic E-state index is 0.196. The van der Waals surface area contributed by atoms with Crippen LogP contribution in [0.1, 0.15) is 11.1 Å². The summed E-state index contributed by atoms with van der Waals surface area (Å²) in [6.45, 7) is 0. The molecule has 3 nitrogen and oxygen atoms in total. The minimum atomic E-state index is -0.511. The number of benzene rings is 3. The van der Waals surface area contributed by atoms with Gasteiger partial charge in [-0.25, -0.2) is 9.79 Å². The SMILES string of the molecule is O=C1OC(c2ccc(-c3ccccc3)cc2)=N/C1=C\c1ccc(Cl)cc1Cl. The monoisotopic (exact) mass is 393 g/mol. The van der Waals surface area contributed by atoms with Gasteiger partial charge in [0.25, 0.3) is 0 Å². The van der Waals surface area contributed by atoms with E-state index in [1.807, 2.05) is 54.6 Å². The van der Waals surface area contributed by atoms with Gasteiger partial charge in [-0.05, 0) is 47.0 Å². The predicted molar refractivity (Wildman–Crippen MR) is 109 cm³/mol. The number of aliphatic imine (C=N–C) groups is 1. The van der Waals surface area contributed by atoms with Crippen LogP contribution in [-0.4, -0.2) is 11.9 Å². The Kier molecular flexibility index (Phi) is 4.80. The molecule has 0 saturated heterocycles. The second-order valence-electron chi connectivity index (χ2n) is 5.95. The minimum Gasteiger partial charge on any atom is -0.402 e. The van der Waals surface area contributed by atoms with Crippen LogP contribution in [0.25, 0.3) is 17.2 Å². The van der Waals surface area contributed by atoms with Gasteiger partial charge < -0.3 is 4.74 Å². The molecular weight excluding hydrogens is 381 g/mol. The highest BCUT2D eigenvalue weighted by Gasteiger charge is 2.24. The molecule has 0 fully saturated rings. The number of ether oxygens (including phenoxy) is 1. The van der Waals surface area contributed by atoms with Crippen LogP contribution < -0.4 is 0 Å². The molecule has 0 saturated carbocycles. The summed E-state index contributed by atoms with van der Waals surface area (Å²) in [5.41, 5.74) is 3.77. The lowest BCUT2D eigenvalue weighted by atomic mass is 10.0. The quantitative estimate of drug-likeness (QED) is 0.403. The third-order valence-electron chi connectivity index (χ3n) is 4.11. The third-order valence-corrected chi connectivity index (χ3v) is 4.68. The number of halogens is 2. The Balaban J connectivity index is 1.62. The summed E-state index contributed by atoms with van der Waals surface area (Å²) >= 11 is 12.1. The molecule has 0 amide bonds. The molecule has 4 rings (SSSR count). The summed E-state index contributed by atoms with van der Waals surface area (Å²) in [5.74, 6) is -0.237. The number of carbonyl (C=O) groups is 1. The van der Waals surface area contributed by atoms with Crippen LogP contribution in [0.4, 0.5) is 0 Å². The number of nitrogens with zero attached hydrogens (tertiary/aromatic N) is 1. The van der Waals surface area contributed by atoms with E-state index in [4.69, 9.17) is 27.9 Å². The molecule has 27 heavy (non-hydrogen) atoms. The van der Waals surface area contributed by atoms with Crippen LogP contribution >= 0.6 is 23.2 Å². The summed E-state index contributed by atoms with van der Waals surface area (Å²) in [5, 5.41) is 0.970. The molecular formula is C22H13Cl2NO2. The van der Waals surface area contributed by atoms with Gasteiger partial charge in [-0.3, -0.25) is 0 Å². The standard InChI is InChI=1S/C22H13Cl2NO2/c23-18-11-10-17(19(24)13-18)12-20-22(26)27-21(25-20)16-8-6-15(7-9-16)14-4-2-1-3-5-14/h1-13H/b20-12-. The van der Waals surface area contributed by atoms with E-state index in [0.717, 1.165) is 16.7 Å². The molecule has 132 valence electrons. The molecule has 0 bridgehead atoms. The fraction of sp³-hybridized carbons (Fsp3) is 0. The maximum absolute atomic E-state index is 12.2. The van der Waals surface area contributed by atoms with Crippen molar-refractivity contribution in [3.05, 3.63) is 99.7 Å². The number of rotatable bonds is 3. The van der Waals surface area contributed by atoms with E-state index in [1.165, 1.54) is 0 Å². The van der Waals surface area contributed by atoms with Crippen molar-refractivity contribution in [2.24, 2.45) is 4.99 Å². The van der Waals surface area contributed by atoms with E-state index >= 15 is 0 Å². The van der Waals surface area contributed by atoms with E-state index in [1.54, 1.807) is 24.3 Å². The Morgan fingerprint density at radius 1 is 0.815 bits per heavy atom. The van der Waals surface area contributed by atoms with E-state index in [2.05, 4.69) is 4.99 Å². The van der Waals surface area contributed by atoms with Gasteiger partial charge in [-0.2, -0.15) is 0 Å². The van der Waals surface area contributed by atoms with Crippen molar-refractivity contribution >= 4 is 41.1 Å². The molecule has 1 aliphatic rings. The number of esters is 1. The number of hydrogen-bond acceptors (Lipinski definition) is 3. The summed E-state index contributed by atoms with van der Waals surface area (Å²) in [4.78, 5) is 16.5. The van der Waals surface area contributed by atoms with Crippen molar-refractivity contribution in [2.75, 3.05) is 0 Å². The smallest absolute Gasteiger partial charge is 0.363 e. The number of cyclic esters (lactones) is 1. The van der Waals surface area contributed by atoms with Gasteiger partial charge in [0.15, 0.2) is 5.70 Å². The lowest BCUT2D eigenvalue weighted by Crippen LogP contribution is -2.05. The lowest BCUT2D eigenvalue weighted by Gasteiger charge is -2.03. The van der Waals surface area contributed by atoms with Gasteiger partial charge in [0, 0.05) is 15.6 Å². The molecule has 5 heteroatoms. The molecule has 1 heterocycles. The molecule has 0 aromatic heterocycles. The Labute approximate surface area is 166 Å². The molecule has 0 spiro atoms. The zero-order chi connectivity index (χ0) is 18.8. The van der Waals surface area contributed by atoms with Crippen LogP contribution in [0.5, 0.6) is 0 Å². The first-order valence-electron chi connectivity index (χ1n) is 8.23. The van der Waals surface area contributed by atoms with Gasteiger partial charge in [0.2, 0.25) is 5.90 Å². The third kappa shape index (κ3) is 3.80.